The van der Waals surface area contributed by atoms with Crippen LogP contribution in [-0.4, -0.2) is 31.7 Å². The maximum Gasteiger partial charge on any atom is 0.0693 e. The molecule has 1 aliphatic rings. The molecule has 1 fully saturated rings. The molecule has 106 valence electrons. The summed E-state index contributed by atoms with van der Waals surface area (Å²) in [5.74, 6) is 0.624. The molecule has 0 amide bonds. The number of ether oxygens (including phenoxy) is 1. The number of benzene rings is 1. The Balaban J connectivity index is 2.00. The third-order valence-corrected chi connectivity index (χ3v) is 4.18. The molecule has 0 saturated carbocycles. The average Bonchev–Trinajstić information content (AvgIpc) is 2.37. The minimum atomic E-state index is 0.461. The lowest BCUT2D eigenvalue weighted by Crippen LogP contribution is -2.36. The number of hydrogen-bond acceptors (Lipinski definition) is 3. The predicted octanol–water partition coefficient (Wildman–Crippen LogP) is 3.43. The summed E-state index contributed by atoms with van der Waals surface area (Å²) in [6, 6.07) is 3.81. The van der Waals surface area contributed by atoms with Gasteiger partial charge in [0.1, 0.15) is 0 Å². The number of anilines is 1. The molecule has 1 aromatic rings. The van der Waals surface area contributed by atoms with Crippen molar-refractivity contribution in [3.05, 3.63) is 27.7 Å². The van der Waals surface area contributed by atoms with Crippen molar-refractivity contribution in [1.82, 2.24) is 4.90 Å². The van der Waals surface area contributed by atoms with E-state index in [9.17, 15) is 0 Å². The average molecular weight is 303 g/mol. The summed E-state index contributed by atoms with van der Waals surface area (Å²) in [5, 5.41) is 1.07. The van der Waals surface area contributed by atoms with Crippen LogP contribution in [0.25, 0.3) is 0 Å². The lowest BCUT2D eigenvalue weighted by molar-refractivity contribution is 0.0874. The molecule has 2 rings (SSSR count). The summed E-state index contributed by atoms with van der Waals surface area (Å²) in [6.45, 7) is 3.87. The first-order chi connectivity index (χ1) is 9.10. The van der Waals surface area contributed by atoms with Crippen molar-refractivity contribution in [2.45, 2.75) is 19.4 Å². The highest BCUT2D eigenvalue weighted by Crippen LogP contribution is 2.30. The summed E-state index contributed by atoms with van der Waals surface area (Å²) >= 11 is 12.1. The molecular weight excluding hydrogens is 283 g/mol. The molecule has 1 unspecified atom stereocenters. The van der Waals surface area contributed by atoms with Gasteiger partial charge in [-0.3, -0.25) is 4.90 Å². The topological polar surface area (TPSA) is 38.5 Å². The van der Waals surface area contributed by atoms with Gasteiger partial charge in [0.15, 0.2) is 0 Å². The van der Waals surface area contributed by atoms with Crippen molar-refractivity contribution in [1.29, 1.82) is 0 Å². The Labute approximate surface area is 124 Å². The standard InChI is InChI=1S/C14H20Cl2N2O/c1-19-9-10-3-2-4-18(7-10)8-11-5-12(15)14(17)13(16)6-11/h5-6,10H,2-4,7-9,17H2,1H3. The normalized spacial score (nSPS) is 20.7. The molecule has 1 aromatic carbocycles. The summed E-state index contributed by atoms with van der Waals surface area (Å²) in [4.78, 5) is 2.42. The van der Waals surface area contributed by atoms with Crippen molar-refractivity contribution >= 4 is 28.9 Å². The molecule has 3 nitrogen and oxygen atoms in total. The highest BCUT2D eigenvalue weighted by molar-refractivity contribution is 6.38. The molecule has 2 N–H and O–H groups in total. The van der Waals surface area contributed by atoms with E-state index in [4.69, 9.17) is 33.7 Å². The van der Waals surface area contributed by atoms with Crippen LogP contribution in [0.5, 0.6) is 0 Å². The molecule has 1 heterocycles. The fourth-order valence-electron chi connectivity index (χ4n) is 2.65. The van der Waals surface area contributed by atoms with Crippen LogP contribution in [0.15, 0.2) is 12.1 Å². The van der Waals surface area contributed by atoms with E-state index in [2.05, 4.69) is 4.90 Å². The SMILES string of the molecule is COCC1CCCN(Cc2cc(Cl)c(N)c(Cl)c2)C1. The van der Waals surface area contributed by atoms with Crippen LogP contribution >= 0.6 is 23.2 Å². The van der Waals surface area contributed by atoms with E-state index in [0.29, 0.717) is 21.7 Å². The number of nitrogens with zero attached hydrogens (tertiary/aromatic N) is 1. The molecule has 0 aliphatic carbocycles. The number of nitrogens with two attached hydrogens (primary N) is 1. The number of rotatable bonds is 4. The molecule has 1 atom stereocenters. The first-order valence-corrected chi connectivity index (χ1v) is 7.30. The van der Waals surface area contributed by atoms with Crippen molar-refractivity contribution < 1.29 is 4.74 Å². The fourth-order valence-corrected chi connectivity index (χ4v) is 3.19. The Morgan fingerprint density at radius 1 is 1.37 bits per heavy atom. The Bertz CT molecular complexity index is 414. The van der Waals surface area contributed by atoms with E-state index in [1.54, 1.807) is 7.11 Å². The Hall–Kier alpha value is -0.480. The lowest BCUT2D eigenvalue weighted by Gasteiger charge is -2.32. The van der Waals surface area contributed by atoms with Crippen LogP contribution < -0.4 is 5.73 Å². The minimum Gasteiger partial charge on any atom is -0.396 e. The summed E-state index contributed by atoms with van der Waals surface area (Å²) in [6.07, 6.45) is 2.46. The van der Waals surface area contributed by atoms with Gasteiger partial charge in [0, 0.05) is 20.2 Å². The highest BCUT2D eigenvalue weighted by Gasteiger charge is 2.20. The van der Waals surface area contributed by atoms with Gasteiger partial charge in [-0.2, -0.15) is 0 Å². The van der Waals surface area contributed by atoms with Gasteiger partial charge in [-0.15, -0.1) is 0 Å². The highest BCUT2D eigenvalue weighted by atomic mass is 35.5. The van der Waals surface area contributed by atoms with Crippen LogP contribution in [0.1, 0.15) is 18.4 Å². The Kier molecular flexibility index (Phi) is 5.34. The zero-order chi connectivity index (χ0) is 13.8. The molecule has 0 aromatic heterocycles. The number of halogens is 2. The van der Waals surface area contributed by atoms with E-state index >= 15 is 0 Å². The molecule has 0 bridgehead atoms. The summed E-state index contributed by atoms with van der Waals surface area (Å²) in [5.41, 5.74) is 7.33. The van der Waals surface area contributed by atoms with Crippen molar-refractivity contribution in [2.24, 2.45) is 5.92 Å². The summed E-state index contributed by atoms with van der Waals surface area (Å²) < 4.78 is 5.25. The third kappa shape index (κ3) is 3.99. The van der Waals surface area contributed by atoms with Crippen LogP contribution in [-0.2, 0) is 11.3 Å². The van der Waals surface area contributed by atoms with Crippen LogP contribution in [0.3, 0.4) is 0 Å². The second kappa shape index (κ2) is 6.80. The van der Waals surface area contributed by atoms with Crippen molar-refractivity contribution in [3.63, 3.8) is 0 Å². The summed E-state index contributed by atoms with van der Waals surface area (Å²) in [7, 11) is 1.76. The molecule has 0 radical (unpaired) electrons. The molecule has 1 saturated heterocycles. The fraction of sp³-hybridized carbons (Fsp3) is 0.571. The van der Waals surface area contributed by atoms with E-state index < -0.39 is 0 Å². The number of nitrogen functional groups attached to an aromatic ring is 1. The van der Waals surface area contributed by atoms with E-state index in [1.807, 2.05) is 12.1 Å². The quantitative estimate of drug-likeness (QED) is 0.866. The zero-order valence-corrected chi connectivity index (χ0v) is 12.7. The number of hydrogen-bond donors (Lipinski definition) is 1. The smallest absolute Gasteiger partial charge is 0.0693 e. The predicted molar refractivity (Wildman–Crippen MR) is 80.8 cm³/mol. The third-order valence-electron chi connectivity index (χ3n) is 3.55. The maximum atomic E-state index is 6.07. The second-order valence-corrected chi connectivity index (χ2v) is 5.99. The van der Waals surface area contributed by atoms with Crippen molar-refractivity contribution in [2.75, 3.05) is 32.5 Å². The van der Waals surface area contributed by atoms with Crippen LogP contribution in [0.2, 0.25) is 10.0 Å². The van der Waals surface area contributed by atoms with Crippen LogP contribution in [0, 0.1) is 5.92 Å². The van der Waals surface area contributed by atoms with Gasteiger partial charge in [-0.05, 0) is 43.0 Å². The number of likely N-dealkylation sites (tertiary alicyclic amines) is 1. The first-order valence-electron chi connectivity index (χ1n) is 6.55. The van der Waals surface area contributed by atoms with E-state index in [1.165, 1.54) is 12.8 Å². The molecule has 1 aliphatic heterocycles. The van der Waals surface area contributed by atoms with Gasteiger partial charge in [-0.1, -0.05) is 23.2 Å². The van der Waals surface area contributed by atoms with E-state index in [-0.39, 0.29) is 0 Å². The molecule has 5 heteroatoms. The molecular formula is C14H20Cl2N2O. The van der Waals surface area contributed by atoms with Crippen LogP contribution in [0.4, 0.5) is 5.69 Å². The molecule has 19 heavy (non-hydrogen) atoms. The van der Waals surface area contributed by atoms with Gasteiger partial charge in [0.2, 0.25) is 0 Å². The maximum absolute atomic E-state index is 6.07. The number of methoxy groups -OCH3 is 1. The monoisotopic (exact) mass is 302 g/mol. The first kappa shape index (κ1) is 14.9. The van der Waals surface area contributed by atoms with Gasteiger partial charge in [0.05, 0.1) is 22.3 Å². The Morgan fingerprint density at radius 3 is 2.68 bits per heavy atom. The van der Waals surface area contributed by atoms with Gasteiger partial charge in [0.25, 0.3) is 0 Å². The molecule has 0 spiro atoms. The minimum absolute atomic E-state index is 0.461. The zero-order valence-electron chi connectivity index (χ0n) is 11.2. The van der Waals surface area contributed by atoms with Gasteiger partial charge >= 0.3 is 0 Å². The Morgan fingerprint density at radius 2 is 2.05 bits per heavy atom. The van der Waals surface area contributed by atoms with Gasteiger partial charge < -0.3 is 10.5 Å². The lowest BCUT2D eigenvalue weighted by atomic mass is 9.98. The largest absolute Gasteiger partial charge is 0.396 e. The second-order valence-electron chi connectivity index (χ2n) is 5.17. The van der Waals surface area contributed by atoms with Gasteiger partial charge in [-0.25, -0.2) is 0 Å². The van der Waals surface area contributed by atoms with Crippen molar-refractivity contribution in [3.8, 4) is 0 Å². The number of piperidine rings is 1. The van der Waals surface area contributed by atoms with E-state index in [0.717, 1.165) is 31.8 Å².